The van der Waals surface area contributed by atoms with Crippen molar-refractivity contribution < 1.29 is 4.42 Å². The molecule has 132 valence electrons. The summed E-state index contributed by atoms with van der Waals surface area (Å²) in [5, 5.41) is 11.8. The molecule has 4 aromatic rings. The van der Waals surface area contributed by atoms with Crippen molar-refractivity contribution in [3.63, 3.8) is 0 Å². The van der Waals surface area contributed by atoms with Crippen molar-refractivity contribution in [3.05, 3.63) is 65.9 Å². The topological polar surface area (TPSA) is 49.8 Å². The molecule has 0 bridgehead atoms. The molecule has 0 N–H and O–H groups in total. The van der Waals surface area contributed by atoms with Crippen molar-refractivity contribution in [2.75, 3.05) is 0 Å². The molecular formula is C24H20N2O. The van der Waals surface area contributed by atoms with Crippen LogP contribution in [0.25, 0.3) is 33.2 Å². The maximum atomic E-state index is 9.76. The van der Waals surface area contributed by atoms with Gasteiger partial charge in [-0.25, -0.2) is 0 Å². The van der Waals surface area contributed by atoms with Crippen LogP contribution in [0, 0.1) is 11.3 Å². The standard InChI is InChI=1S/C24H20N2O/c25-15-18-13-21-20-12-17(22-8-4-5-11-26-22)9-10-23(20)27-24(21)14-19(18)16-6-2-1-3-7-16/h4-5,8-14,16H,1-3,6-7H2. The van der Waals surface area contributed by atoms with E-state index in [2.05, 4.69) is 23.2 Å². The highest BCUT2D eigenvalue weighted by molar-refractivity contribution is 6.07. The molecule has 0 atom stereocenters. The highest BCUT2D eigenvalue weighted by Gasteiger charge is 2.21. The zero-order valence-electron chi connectivity index (χ0n) is 15.1. The van der Waals surface area contributed by atoms with Crippen LogP contribution in [0.15, 0.2) is 59.1 Å². The summed E-state index contributed by atoms with van der Waals surface area (Å²) < 4.78 is 6.14. The molecule has 0 amide bonds. The number of nitrogens with zero attached hydrogens (tertiary/aromatic N) is 2. The Kier molecular flexibility index (Phi) is 3.90. The smallest absolute Gasteiger partial charge is 0.135 e. The third kappa shape index (κ3) is 2.78. The second-order valence-corrected chi connectivity index (χ2v) is 7.41. The van der Waals surface area contributed by atoms with Gasteiger partial charge >= 0.3 is 0 Å². The molecule has 3 nitrogen and oxygen atoms in total. The van der Waals surface area contributed by atoms with Crippen molar-refractivity contribution in [3.8, 4) is 17.3 Å². The fraction of sp³-hybridized carbons (Fsp3) is 0.250. The van der Waals surface area contributed by atoms with Gasteiger partial charge in [0, 0.05) is 22.5 Å². The normalized spacial score (nSPS) is 15.2. The lowest BCUT2D eigenvalue weighted by atomic mass is 9.82. The van der Waals surface area contributed by atoms with Gasteiger partial charge in [0.2, 0.25) is 0 Å². The summed E-state index contributed by atoms with van der Waals surface area (Å²) in [4.78, 5) is 4.45. The molecule has 5 rings (SSSR count). The van der Waals surface area contributed by atoms with Gasteiger partial charge < -0.3 is 4.42 Å². The number of hydrogen-bond acceptors (Lipinski definition) is 3. The minimum absolute atomic E-state index is 0.482. The van der Waals surface area contributed by atoms with Crippen LogP contribution in [0.5, 0.6) is 0 Å². The van der Waals surface area contributed by atoms with Gasteiger partial charge in [-0.1, -0.05) is 25.3 Å². The highest BCUT2D eigenvalue weighted by Crippen LogP contribution is 2.39. The zero-order valence-corrected chi connectivity index (χ0v) is 15.1. The van der Waals surface area contributed by atoms with Crippen LogP contribution in [0.3, 0.4) is 0 Å². The fourth-order valence-corrected chi connectivity index (χ4v) is 4.38. The Morgan fingerprint density at radius 2 is 1.78 bits per heavy atom. The molecule has 0 unspecified atom stereocenters. The summed E-state index contributed by atoms with van der Waals surface area (Å²) in [7, 11) is 0. The summed E-state index contributed by atoms with van der Waals surface area (Å²) in [6, 6.07) is 18.6. The average molecular weight is 352 g/mol. The molecule has 3 heteroatoms. The first kappa shape index (κ1) is 16.1. The molecule has 0 aliphatic heterocycles. The van der Waals surface area contributed by atoms with Crippen molar-refractivity contribution in [2.45, 2.75) is 38.0 Å². The number of furan rings is 1. The molecule has 1 aliphatic rings. The van der Waals surface area contributed by atoms with E-state index in [1.165, 1.54) is 32.1 Å². The minimum atomic E-state index is 0.482. The van der Waals surface area contributed by atoms with Crippen molar-refractivity contribution >= 4 is 21.9 Å². The van der Waals surface area contributed by atoms with Crippen LogP contribution in [0.1, 0.15) is 49.1 Å². The Balaban J connectivity index is 1.68. The van der Waals surface area contributed by atoms with E-state index in [0.29, 0.717) is 5.92 Å². The first-order valence-corrected chi connectivity index (χ1v) is 9.65. The summed E-state index contributed by atoms with van der Waals surface area (Å²) in [5.41, 5.74) is 5.68. The van der Waals surface area contributed by atoms with E-state index in [0.717, 1.165) is 44.3 Å². The molecule has 1 fully saturated rings. The second-order valence-electron chi connectivity index (χ2n) is 7.41. The highest BCUT2D eigenvalue weighted by atomic mass is 16.3. The lowest BCUT2D eigenvalue weighted by molar-refractivity contribution is 0.443. The van der Waals surface area contributed by atoms with Crippen LogP contribution >= 0.6 is 0 Å². The second kappa shape index (κ2) is 6.55. The third-order valence-electron chi connectivity index (χ3n) is 5.77. The Morgan fingerprint density at radius 1 is 0.926 bits per heavy atom. The lowest BCUT2D eigenvalue weighted by Gasteiger charge is -2.22. The van der Waals surface area contributed by atoms with Crippen LogP contribution in [0.4, 0.5) is 0 Å². The van der Waals surface area contributed by atoms with E-state index >= 15 is 0 Å². The number of hydrogen-bond donors (Lipinski definition) is 0. The van der Waals surface area contributed by atoms with Gasteiger partial charge in [-0.2, -0.15) is 5.26 Å². The van der Waals surface area contributed by atoms with Crippen LogP contribution in [-0.4, -0.2) is 4.98 Å². The van der Waals surface area contributed by atoms with E-state index in [1.54, 1.807) is 6.20 Å². The summed E-state index contributed by atoms with van der Waals surface area (Å²) >= 11 is 0. The van der Waals surface area contributed by atoms with Crippen LogP contribution < -0.4 is 0 Å². The van der Waals surface area contributed by atoms with Gasteiger partial charge in [-0.05, 0) is 66.8 Å². The molecule has 2 heterocycles. The number of nitriles is 1. The summed E-state index contributed by atoms with van der Waals surface area (Å²) in [6.45, 7) is 0. The molecule has 2 aromatic carbocycles. The fourth-order valence-electron chi connectivity index (χ4n) is 4.38. The Bertz CT molecular complexity index is 1160. The SMILES string of the molecule is N#Cc1cc2c(cc1C1CCCCC1)oc1ccc(-c3ccccn3)cc12. The largest absolute Gasteiger partial charge is 0.456 e. The molecule has 0 saturated heterocycles. The number of rotatable bonds is 2. The molecule has 2 aromatic heterocycles. The maximum Gasteiger partial charge on any atom is 0.135 e. The summed E-state index contributed by atoms with van der Waals surface area (Å²) in [5.74, 6) is 0.482. The van der Waals surface area contributed by atoms with Gasteiger partial charge in [-0.3, -0.25) is 4.98 Å². The molecule has 1 aliphatic carbocycles. The molecule has 0 spiro atoms. The van der Waals surface area contributed by atoms with Crippen LogP contribution in [-0.2, 0) is 0 Å². The Labute approximate surface area is 158 Å². The molecule has 0 radical (unpaired) electrons. The third-order valence-corrected chi connectivity index (χ3v) is 5.77. The number of aromatic nitrogens is 1. The van der Waals surface area contributed by atoms with Crippen molar-refractivity contribution in [1.29, 1.82) is 5.26 Å². The van der Waals surface area contributed by atoms with Gasteiger partial charge in [0.25, 0.3) is 0 Å². The van der Waals surface area contributed by atoms with E-state index in [4.69, 9.17) is 4.42 Å². The molecule has 1 saturated carbocycles. The number of fused-ring (bicyclic) bond motifs is 3. The van der Waals surface area contributed by atoms with E-state index < -0.39 is 0 Å². The van der Waals surface area contributed by atoms with E-state index in [9.17, 15) is 5.26 Å². The zero-order chi connectivity index (χ0) is 18.2. The first-order chi connectivity index (χ1) is 13.3. The van der Waals surface area contributed by atoms with E-state index in [1.807, 2.05) is 36.4 Å². The Hall–Kier alpha value is -3.12. The predicted octanol–water partition coefficient (Wildman–Crippen LogP) is 6.57. The average Bonchev–Trinajstić information content (AvgIpc) is 3.10. The summed E-state index contributed by atoms with van der Waals surface area (Å²) in [6.07, 6.45) is 7.95. The number of benzene rings is 2. The molecule has 27 heavy (non-hydrogen) atoms. The van der Waals surface area contributed by atoms with Gasteiger partial charge in [0.15, 0.2) is 0 Å². The predicted molar refractivity (Wildman–Crippen MR) is 107 cm³/mol. The van der Waals surface area contributed by atoms with Crippen LogP contribution in [0.2, 0.25) is 0 Å². The van der Waals surface area contributed by atoms with Gasteiger partial charge in [0.1, 0.15) is 11.2 Å². The maximum absolute atomic E-state index is 9.76. The Morgan fingerprint density at radius 3 is 2.56 bits per heavy atom. The quantitative estimate of drug-likeness (QED) is 0.410. The first-order valence-electron chi connectivity index (χ1n) is 9.65. The molecular weight excluding hydrogens is 332 g/mol. The van der Waals surface area contributed by atoms with Gasteiger partial charge in [-0.15, -0.1) is 0 Å². The van der Waals surface area contributed by atoms with Crippen molar-refractivity contribution in [1.82, 2.24) is 4.98 Å². The monoisotopic (exact) mass is 352 g/mol. The van der Waals surface area contributed by atoms with Gasteiger partial charge in [0.05, 0.1) is 17.3 Å². The lowest BCUT2D eigenvalue weighted by Crippen LogP contribution is -2.06. The number of pyridine rings is 1. The van der Waals surface area contributed by atoms with E-state index in [-0.39, 0.29) is 0 Å². The van der Waals surface area contributed by atoms with Crippen molar-refractivity contribution in [2.24, 2.45) is 0 Å². The minimum Gasteiger partial charge on any atom is -0.456 e.